The Kier molecular flexibility index (Phi) is 7.42. The highest BCUT2D eigenvalue weighted by atomic mass is 31.2. The van der Waals surface area contributed by atoms with Crippen molar-refractivity contribution in [3.63, 3.8) is 0 Å². The molecule has 0 atom stereocenters. The number of nitrogens with two attached hydrogens (primary N) is 1. The van der Waals surface area contributed by atoms with E-state index in [-0.39, 0.29) is 12.1 Å². The van der Waals surface area contributed by atoms with Crippen LogP contribution in [0.2, 0.25) is 0 Å². The molecule has 31 heavy (non-hydrogen) atoms. The number of rotatable bonds is 8. The summed E-state index contributed by atoms with van der Waals surface area (Å²) in [6.45, 7) is 3.17. The zero-order chi connectivity index (χ0) is 22.4. The smallest absolute Gasteiger partial charge is 0.329 e. The Hall–Kier alpha value is -2.76. The number of carbonyl (C=O) groups excluding carboxylic acids is 1. The Labute approximate surface area is 182 Å². The molecule has 0 radical (unpaired) electrons. The lowest BCUT2D eigenvalue weighted by molar-refractivity contribution is 0.0730. The van der Waals surface area contributed by atoms with E-state index in [0.29, 0.717) is 30.8 Å². The van der Waals surface area contributed by atoms with Crippen molar-refractivity contribution >= 4 is 13.5 Å². The molecule has 0 spiro atoms. The molecule has 4 N–H and O–H groups in total. The highest BCUT2D eigenvalue weighted by molar-refractivity contribution is 7.50. The van der Waals surface area contributed by atoms with E-state index in [2.05, 4.69) is 0 Å². The van der Waals surface area contributed by atoms with Crippen LogP contribution in [-0.4, -0.2) is 20.6 Å². The van der Waals surface area contributed by atoms with Crippen LogP contribution in [0.15, 0.2) is 72.8 Å². The first-order valence-corrected chi connectivity index (χ1v) is 11.8. The third kappa shape index (κ3) is 6.88. The number of nitrogens with zero attached hydrogens (tertiary/aromatic N) is 1. The van der Waals surface area contributed by atoms with Crippen molar-refractivity contribution in [2.45, 2.75) is 32.7 Å². The molecule has 7 heteroatoms. The van der Waals surface area contributed by atoms with Crippen LogP contribution in [0.5, 0.6) is 0 Å². The number of benzene rings is 3. The third-order valence-electron chi connectivity index (χ3n) is 4.94. The molecular formula is C24H27N2O4P. The molecule has 6 nitrogen and oxygen atoms in total. The molecule has 3 rings (SSSR count). The van der Waals surface area contributed by atoms with Gasteiger partial charge in [-0.05, 0) is 41.3 Å². The first-order valence-electron chi connectivity index (χ1n) is 10.00. The Balaban J connectivity index is 1.86. The van der Waals surface area contributed by atoms with E-state index in [1.807, 2.05) is 55.5 Å². The number of amides is 1. The molecule has 162 valence electrons. The number of carbonyl (C=O) groups is 1. The molecule has 0 fully saturated rings. The van der Waals surface area contributed by atoms with Gasteiger partial charge in [0, 0.05) is 25.2 Å². The molecule has 0 aliphatic carbocycles. The summed E-state index contributed by atoms with van der Waals surface area (Å²) in [6.07, 6.45) is -0.300. The van der Waals surface area contributed by atoms with Gasteiger partial charge in [0.1, 0.15) is 0 Å². The van der Waals surface area contributed by atoms with Gasteiger partial charge in [-0.2, -0.15) is 0 Å². The monoisotopic (exact) mass is 438 g/mol. The Morgan fingerprint density at radius 1 is 0.871 bits per heavy atom. The maximum absolute atomic E-state index is 13.3. The standard InChI is InChI=1S/C24H27N2O4P/c1-18-4-2-7-23(12-18)24(27)26(16-22-6-3-5-21(13-22)14-25)15-19-8-10-20(11-9-19)17-31(28,29)30/h2-13H,14-17,25H2,1H3,(H2,28,29,30). The minimum atomic E-state index is -4.12. The van der Waals surface area contributed by atoms with Crippen LogP contribution in [0, 0.1) is 6.92 Å². The normalized spacial score (nSPS) is 11.4. The highest BCUT2D eigenvalue weighted by Crippen LogP contribution is 2.38. The van der Waals surface area contributed by atoms with Crippen LogP contribution in [0.4, 0.5) is 0 Å². The van der Waals surface area contributed by atoms with Gasteiger partial charge in [0.25, 0.3) is 5.91 Å². The molecule has 3 aromatic carbocycles. The van der Waals surface area contributed by atoms with Crippen LogP contribution in [0.1, 0.15) is 38.2 Å². The van der Waals surface area contributed by atoms with E-state index >= 15 is 0 Å². The van der Waals surface area contributed by atoms with Crippen molar-refractivity contribution in [1.29, 1.82) is 0 Å². The van der Waals surface area contributed by atoms with E-state index < -0.39 is 7.60 Å². The topological polar surface area (TPSA) is 104 Å². The molecule has 0 bridgehead atoms. The van der Waals surface area contributed by atoms with Crippen LogP contribution in [-0.2, 0) is 30.4 Å². The molecule has 0 aliphatic rings. The predicted molar refractivity (Wildman–Crippen MR) is 121 cm³/mol. The summed E-state index contributed by atoms with van der Waals surface area (Å²) in [6, 6.07) is 22.3. The van der Waals surface area contributed by atoms with Gasteiger partial charge in [-0.1, -0.05) is 66.2 Å². The zero-order valence-corrected chi connectivity index (χ0v) is 18.3. The SMILES string of the molecule is Cc1cccc(C(=O)N(Cc2ccc(CP(=O)(O)O)cc2)Cc2cccc(CN)c2)c1. The van der Waals surface area contributed by atoms with Gasteiger partial charge in [0.2, 0.25) is 0 Å². The fourth-order valence-electron chi connectivity index (χ4n) is 3.44. The lowest BCUT2D eigenvalue weighted by atomic mass is 10.1. The summed E-state index contributed by atoms with van der Waals surface area (Å²) in [5, 5.41) is 0. The second kappa shape index (κ2) is 10.0. The van der Waals surface area contributed by atoms with Gasteiger partial charge in [0.05, 0.1) is 6.16 Å². The Morgan fingerprint density at radius 2 is 1.48 bits per heavy atom. The van der Waals surface area contributed by atoms with Gasteiger partial charge in [0.15, 0.2) is 0 Å². The molecule has 0 saturated carbocycles. The summed E-state index contributed by atoms with van der Waals surface area (Å²) in [4.78, 5) is 33.4. The van der Waals surface area contributed by atoms with E-state index in [1.54, 1.807) is 29.2 Å². The van der Waals surface area contributed by atoms with Crippen LogP contribution < -0.4 is 5.73 Å². The summed E-state index contributed by atoms with van der Waals surface area (Å²) < 4.78 is 11.2. The average molecular weight is 438 g/mol. The zero-order valence-electron chi connectivity index (χ0n) is 17.4. The third-order valence-corrected chi connectivity index (χ3v) is 5.71. The Bertz CT molecular complexity index is 1090. The van der Waals surface area contributed by atoms with Crippen molar-refractivity contribution in [2.24, 2.45) is 5.73 Å². The predicted octanol–water partition coefficient (Wildman–Crippen LogP) is 3.97. The van der Waals surface area contributed by atoms with Gasteiger partial charge < -0.3 is 20.4 Å². The lowest BCUT2D eigenvalue weighted by Gasteiger charge is -2.24. The van der Waals surface area contributed by atoms with Crippen molar-refractivity contribution in [2.75, 3.05) is 0 Å². The number of hydrogen-bond donors (Lipinski definition) is 3. The molecule has 0 aromatic heterocycles. The quantitative estimate of drug-likeness (QED) is 0.462. The minimum Gasteiger partial charge on any atom is -0.330 e. The summed E-state index contributed by atoms with van der Waals surface area (Å²) in [5.74, 6) is -0.0823. The summed E-state index contributed by atoms with van der Waals surface area (Å²) in [5.41, 5.74) is 10.8. The number of hydrogen-bond acceptors (Lipinski definition) is 3. The van der Waals surface area contributed by atoms with Gasteiger partial charge in [-0.3, -0.25) is 9.36 Å². The molecule has 0 unspecified atom stereocenters. The average Bonchev–Trinajstić information content (AvgIpc) is 2.73. The fourth-order valence-corrected chi connectivity index (χ4v) is 4.13. The summed E-state index contributed by atoms with van der Waals surface area (Å²) in [7, 11) is -4.12. The molecule has 0 heterocycles. The second-order valence-corrected chi connectivity index (χ2v) is 9.34. The van der Waals surface area contributed by atoms with Crippen molar-refractivity contribution in [3.05, 3.63) is 106 Å². The van der Waals surface area contributed by atoms with E-state index in [9.17, 15) is 9.36 Å². The molecule has 0 saturated heterocycles. The van der Waals surface area contributed by atoms with E-state index in [0.717, 1.165) is 22.3 Å². The highest BCUT2D eigenvalue weighted by Gasteiger charge is 2.18. The first kappa shape index (κ1) is 22.9. The van der Waals surface area contributed by atoms with Crippen molar-refractivity contribution < 1.29 is 19.1 Å². The first-order chi connectivity index (χ1) is 14.7. The molecule has 1 amide bonds. The molecule has 0 aliphatic heterocycles. The van der Waals surface area contributed by atoms with Crippen LogP contribution >= 0.6 is 7.60 Å². The van der Waals surface area contributed by atoms with Crippen LogP contribution in [0.25, 0.3) is 0 Å². The van der Waals surface area contributed by atoms with E-state index in [4.69, 9.17) is 15.5 Å². The lowest BCUT2D eigenvalue weighted by Crippen LogP contribution is -2.30. The molecule has 3 aromatic rings. The minimum absolute atomic E-state index is 0.0823. The fraction of sp³-hybridized carbons (Fsp3) is 0.208. The van der Waals surface area contributed by atoms with Crippen molar-refractivity contribution in [3.8, 4) is 0 Å². The maximum atomic E-state index is 13.3. The largest absolute Gasteiger partial charge is 0.330 e. The van der Waals surface area contributed by atoms with Crippen molar-refractivity contribution in [1.82, 2.24) is 4.90 Å². The van der Waals surface area contributed by atoms with Crippen LogP contribution in [0.3, 0.4) is 0 Å². The van der Waals surface area contributed by atoms with Gasteiger partial charge in [-0.15, -0.1) is 0 Å². The van der Waals surface area contributed by atoms with E-state index in [1.165, 1.54) is 0 Å². The maximum Gasteiger partial charge on any atom is 0.329 e. The van der Waals surface area contributed by atoms with Gasteiger partial charge >= 0.3 is 7.60 Å². The summed E-state index contributed by atoms with van der Waals surface area (Å²) >= 11 is 0. The Morgan fingerprint density at radius 3 is 2.13 bits per heavy atom. The molecular weight excluding hydrogens is 411 g/mol. The second-order valence-electron chi connectivity index (χ2n) is 7.69. The number of aryl methyl sites for hydroxylation is 1. The van der Waals surface area contributed by atoms with Gasteiger partial charge in [-0.25, -0.2) is 0 Å².